The zero-order valence-corrected chi connectivity index (χ0v) is 13.4. The van der Waals surface area contributed by atoms with Crippen molar-refractivity contribution in [2.24, 2.45) is 11.1 Å². The fourth-order valence-corrected chi connectivity index (χ4v) is 4.48. The Labute approximate surface area is 132 Å². The fraction of sp³-hybridized carbons (Fsp3) is 0.385. The summed E-state index contributed by atoms with van der Waals surface area (Å²) in [7, 11) is -3.49. The largest absolute Gasteiger partial charge is 0.344 e. The first-order valence-electron chi connectivity index (χ1n) is 6.82. The number of imidazole rings is 1. The van der Waals surface area contributed by atoms with Gasteiger partial charge in [0.25, 0.3) is 5.91 Å². The molecule has 3 rings (SSSR count). The van der Waals surface area contributed by atoms with Crippen molar-refractivity contribution in [1.82, 2.24) is 14.9 Å². The summed E-state index contributed by atoms with van der Waals surface area (Å²) in [6.07, 6.45) is 4.06. The van der Waals surface area contributed by atoms with Crippen LogP contribution in [-0.4, -0.2) is 48.0 Å². The molecule has 3 N–H and O–H groups in total. The number of likely N-dealkylation sites (tertiary alicyclic amines) is 1. The van der Waals surface area contributed by atoms with E-state index in [4.69, 9.17) is 5.14 Å². The molecule has 2 aromatic rings. The maximum Gasteiger partial charge on any atom is 0.263 e. The minimum Gasteiger partial charge on any atom is -0.344 e. The van der Waals surface area contributed by atoms with Gasteiger partial charge in [0.2, 0.25) is 10.0 Å². The minimum atomic E-state index is -3.49. The summed E-state index contributed by atoms with van der Waals surface area (Å²) in [6, 6.07) is 3.63. The van der Waals surface area contributed by atoms with Crippen LogP contribution in [0.3, 0.4) is 0 Å². The van der Waals surface area contributed by atoms with Crippen molar-refractivity contribution in [3.05, 3.63) is 29.4 Å². The lowest BCUT2D eigenvalue weighted by atomic mass is 10.2. The summed E-state index contributed by atoms with van der Waals surface area (Å²) >= 11 is 1.37. The summed E-state index contributed by atoms with van der Waals surface area (Å²) < 4.78 is 22.3. The first kappa shape index (κ1) is 15.2. The van der Waals surface area contributed by atoms with Gasteiger partial charge in [0, 0.05) is 25.5 Å². The van der Waals surface area contributed by atoms with E-state index in [-0.39, 0.29) is 17.6 Å². The van der Waals surface area contributed by atoms with Gasteiger partial charge in [0.1, 0.15) is 5.82 Å². The molecule has 0 aromatic carbocycles. The average molecular weight is 340 g/mol. The van der Waals surface area contributed by atoms with E-state index in [0.717, 1.165) is 10.7 Å². The number of thiophene rings is 1. The molecule has 0 spiro atoms. The Morgan fingerprint density at radius 2 is 2.32 bits per heavy atom. The van der Waals surface area contributed by atoms with Crippen molar-refractivity contribution in [3.8, 4) is 10.7 Å². The van der Waals surface area contributed by atoms with Gasteiger partial charge in [0.15, 0.2) is 0 Å². The molecular formula is C13H16N4O3S2. The first-order chi connectivity index (χ1) is 10.4. The number of carbonyl (C=O) groups is 1. The summed E-state index contributed by atoms with van der Waals surface area (Å²) in [5.74, 6) is 0.513. The summed E-state index contributed by atoms with van der Waals surface area (Å²) in [4.78, 5) is 22.8. The Morgan fingerprint density at radius 3 is 3.00 bits per heavy atom. The SMILES string of the molecule is NS(=O)(=O)CC1CCN(C(=O)c2ccc(-c3ncc[nH]3)s2)C1. The van der Waals surface area contributed by atoms with Gasteiger partial charge in [-0.1, -0.05) is 0 Å². The van der Waals surface area contributed by atoms with E-state index in [2.05, 4.69) is 9.97 Å². The van der Waals surface area contributed by atoms with Crippen molar-refractivity contribution >= 4 is 27.3 Å². The van der Waals surface area contributed by atoms with Gasteiger partial charge in [-0.15, -0.1) is 11.3 Å². The van der Waals surface area contributed by atoms with Crippen LogP contribution in [0.2, 0.25) is 0 Å². The van der Waals surface area contributed by atoms with Crippen LogP contribution in [0, 0.1) is 5.92 Å². The van der Waals surface area contributed by atoms with Crippen LogP contribution in [0.25, 0.3) is 10.7 Å². The van der Waals surface area contributed by atoms with Crippen LogP contribution >= 0.6 is 11.3 Å². The summed E-state index contributed by atoms with van der Waals surface area (Å²) in [6.45, 7) is 0.996. The van der Waals surface area contributed by atoms with E-state index in [9.17, 15) is 13.2 Å². The molecule has 0 radical (unpaired) electrons. The second kappa shape index (κ2) is 5.82. The fourth-order valence-electron chi connectivity index (χ4n) is 2.62. The van der Waals surface area contributed by atoms with Gasteiger partial charge in [-0.2, -0.15) is 0 Å². The second-order valence-corrected chi connectivity index (χ2v) is 8.08. The monoisotopic (exact) mass is 340 g/mol. The van der Waals surface area contributed by atoms with Gasteiger partial charge in [-0.05, 0) is 24.5 Å². The predicted molar refractivity (Wildman–Crippen MR) is 83.9 cm³/mol. The minimum absolute atomic E-state index is 0.0697. The number of H-pyrrole nitrogens is 1. The zero-order chi connectivity index (χ0) is 15.7. The third-order valence-electron chi connectivity index (χ3n) is 3.59. The van der Waals surface area contributed by atoms with Crippen LogP contribution < -0.4 is 5.14 Å². The van der Waals surface area contributed by atoms with Gasteiger partial charge in [0.05, 0.1) is 15.5 Å². The van der Waals surface area contributed by atoms with Gasteiger partial charge in [-0.25, -0.2) is 18.5 Å². The van der Waals surface area contributed by atoms with E-state index < -0.39 is 10.0 Å². The number of nitrogens with zero attached hydrogens (tertiary/aromatic N) is 2. The number of hydrogen-bond donors (Lipinski definition) is 2. The van der Waals surface area contributed by atoms with E-state index >= 15 is 0 Å². The van der Waals surface area contributed by atoms with Gasteiger partial charge < -0.3 is 9.88 Å². The summed E-state index contributed by atoms with van der Waals surface area (Å²) in [5.41, 5.74) is 0. The Kier molecular flexibility index (Phi) is 4.02. The van der Waals surface area contributed by atoms with Crippen LogP contribution in [-0.2, 0) is 10.0 Å². The molecule has 3 heterocycles. The molecule has 118 valence electrons. The van der Waals surface area contributed by atoms with Crippen molar-refractivity contribution in [1.29, 1.82) is 0 Å². The Bertz CT molecular complexity index is 767. The highest BCUT2D eigenvalue weighted by Crippen LogP contribution is 2.28. The molecule has 2 aromatic heterocycles. The molecule has 9 heteroatoms. The number of aromatic amines is 1. The van der Waals surface area contributed by atoms with Crippen molar-refractivity contribution in [3.63, 3.8) is 0 Å². The topological polar surface area (TPSA) is 109 Å². The number of nitrogens with one attached hydrogen (secondary N) is 1. The highest BCUT2D eigenvalue weighted by atomic mass is 32.2. The lowest BCUT2D eigenvalue weighted by Gasteiger charge is -2.15. The lowest BCUT2D eigenvalue weighted by molar-refractivity contribution is 0.0793. The second-order valence-electron chi connectivity index (χ2n) is 5.34. The molecule has 7 nitrogen and oxygen atoms in total. The van der Waals surface area contributed by atoms with Gasteiger partial charge in [-0.3, -0.25) is 4.79 Å². The average Bonchev–Trinajstić information content (AvgIpc) is 3.17. The van der Waals surface area contributed by atoms with Crippen LogP contribution in [0.15, 0.2) is 24.5 Å². The molecule has 1 aliphatic heterocycles. The molecule has 1 fully saturated rings. The molecule has 0 saturated carbocycles. The van der Waals surface area contributed by atoms with Crippen molar-refractivity contribution < 1.29 is 13.2 Å². The maximum absolute atomic E-state index is 12.5. The number of carbonyl (C=O) groups excluding carboxylic acids is 1. The molecule has 0 aliphatic carbocycles. The number of sulfonamides is 1. The van der Waals surface area contributed by atoms with Crippen molar-refractivity contribution in [2.75, 3.05) is 18.8 Å². The van der Waals surface area contributed by atoms with E-state index in [1.54, 1.807) is 23.4 Å². The predicted octanol–water partition coefficient (Wildman–Crippen LogP) is 0.889. The number of rotatable bonds is 4. The number of primary sulfonamides is 1. The third-order valence-corrected chi connectivity index (χ3v) is 5.61. The highest BCUT2D eigenvalue weighted by Gasteiger charge is 2.30. The summed E-state index contributed by atoms with van der Waals surface area (Å²) in [5, 5.41) is 5.07. The lowest BCUT2D eigenvalue weighted by Crippen LogP contribution is -2.30. The van der Waals surface area contributed by atoms with E-state index in [1.165, 1.54) is 11.3 Å². The van der Waals surface area contributed by atoms with E-state index in [1.807, 2.05) is 6.07 Å². The normalized spacial score (nSPS) is 18.8. The number of aromatic nitrogens is 2. The van der Waals surface area contributed by atoms with E-state index in [0.29, 0.717) is 24.4 Å². The molecule has 1 aliphatic rings. The Balaban J connectivity index is 1.68. The van der Waals surface area contributed by atoms with Crippen molar-refractivity contribution in [2.45, 2.75) is 6.42 Å². The third kappa shape index (κ3) is 3.37. The number of hydrogen-bond acceptors (Lipinski definition) is 5. The molecule has 22 heavy (non-hydrogen) atoms. The maximum atomic E-state index is 12.5. The van der Waals surface area contributed by atoms with Gasteiger partial charge >= 0.3 is 0 Å². The first-order valence-corrected chi connectivity index (χ1v) is 9.35. The van der Waals surface area contributed by atoms with Crippen LogP contribution in [0.1, 0.15) is 16.1 Å². The number of amides is 1. The molecular weight excluding hydrogens is 324 g/mol. The zero-order valence-electron chi connectivity index (χ0n) is 11.7. The highest BCUT2D eigenvalue weighted by molar-refractivity contribution is 7.89. The Hall–Kier alpha value is -1.71. The smallest absolute Gasteiger partial charge is 0.263 e. The molecule has 0 bridgehead atoms. The molecule has 1 unspecified atom stereocenters. The van der Waals surface area contributed by atoms with Crippen LogP contribution in [0.4, 0.5) is 0 Å². The molecule has 1 atom stereocenters. The number of nitrogens with two attached hydrogens (primary N) is 1. The molecule has 1 amide bonds. The Morgan fingerprint density at radius 1 is 1.50 bits per heavy atom. The van der Waals surface area contributed by atoms with Crippen LogP contribution in [0.5, 0.6) is 0 Å². The molecule has 1 saturated heterocycles. The standard InChI is InChI=1S/C13H16N4O3S2/c14-22(19,20)8-9-3-6-17(7-9)13(18)11-2-1-10(21-11)12-15-4-5-16-12/h1-2,4-5,9H,3,6-8H2,(H,15,16)(H2,14,19,20). The quantitative estimate of drug-likeness (QED) is 0.861.